The van der Waals surface area contributed by atoms with Crippen LogP contribution >= 0.6 is 0 Å². The standard InChI is InChI=1S/C20H32N2O4S/c1-4-6-7-17(5-2)15-21-20(23)19-14-18(9-8-16(19)3)27(24,25)22-10-12-26-13-11-22/h8-9,14,17H,4-7,10-13,15H2,1-3H3,(H,21,23). The van der Waals surface area contributed by atoms with E-state index in [1.165, 1.54) is 10.4 Å². The van der Waals surface area contributed by atoms with Gasteiger partial charge in [-0.15, -0.1) is 0 Å². The summed E-state index contributed by atoms with van der Waals surface area (Å²) in [6.45, 7) is 8.22. The number of nitrogens with one attached hydrogen (secondary N) is 1. The summed E-state index contributed by atoms with van der Waals surface area (Å²) in [5, 5.41) is 2.99. The van der Waals surface area contributed by atoms with E-state index in [4.69, 9.17) is 4.74 Å². The number of hydrogen-bond donors (Lipinski definition) is 1. The molecule has 1 aromatic carbocycles. The summed E-state index contributed by atoms with van der Waals surface area (Å²) < 4.78 is 32.3. The van der Waals surface area contributed by atoms with E-state index in [0.29, 0.717) is 44.3 Å². The van der Waals surface area contributed by atoms with Crippen LogP contribution in [0.4, 0.5) is 0 Å². The number of benzene rings is 1. The molecule has 6 nitrogen and oxygen atoms in total. The Morgan fingerprint density at radius 1 is 1.26 bits per heavy atom. The Labute approximate surface area is 163 Å². The second kappa shape index (κ2) is 10.2. The molecule has 1 aliphatic rings. The van der Waals surface area contributed by atoms with Gasteiger partial charge < -0.3 is 10.1 Å². The van der Waals surface area contributed by atoms with Gasteiger partial charge in [0.05, 0.1) is 18.1 Å². The minimum absolute atomic E-state index is 0.165. The van der Waals surface area contributed by atoms with Crippen molar-refractivity contribution < 1.29 is 17.9 Å². The average molecular weight is 397 g/mol. The van der Waals surface area contributed by atoms with E-state index in [-0.39, 0.29) is 10.8 Å². The van der Waals surface area contributed by atoms with Crippen molar-refractivity contribution in [2.24, 2.45) is 5.92 Å². The first-order chi connectivity index (χ1) is 12.9. The summed E-state index contributed by atoms with van der Waals surface area (Å²) in [6.07, 6.45) is 4.41. The summed E-state index contributed by atoms with van der Waals surface area (Å²) in [6, 6.07) is 4.78. The van der Waals surface area contributed by atoms with Crippen molar-refractivity contribution >= 4 is 15.9 Å². The lowest BCUT2D eigenvalue weighted by Gasteiger charge is -2.26. The van der Waals surface area contributed by atoms with Gasteiger partial charge in [0.15, 0.2) is 0 Å². The number of nitrogens with zero attached hydrogens (tertiary/aromatic N) is 1. The van der Waals surface area contributed by atoms with Crippen LogP contribution in [0.2, 0.25) is 0 Å². The average Bonchev–Trinajstić information content (AvgIpc) is 2.68. The Morgan fingerprint density at radius 3 is 2.59 bits per heavy atom. The predicted molar refractivity (Wildman–Crippen MR) is 106 cm³/mol. The van der Waals surface area contributed by atoms with E-state index in [1.807, 2.05) is 6.92 Å². The Balaban J connectivity index is 2.12. The molecule has 1 N–H and O–H groups in total. The molecule has 0 saturated carbocycles. The van der Waals surface area contributed by atoms with Gasteiger partial charge in [0.1, 0.15) is 0 Å². The Hall–Kier alpha value is -1.44. The molecule has 1 amide bonds. The number of hydrogen-bond acceptors (Lipinski definition) is 4. The summed E-state index contributed by atoms with van der Waals surface area (Å²) in [7, 11) is -3.61. The first kappa shape index (κ1) is 21.9. The van der Waals surface area contributed by atoms with Crippen LogP contribution in [0.5, 0.6) is 0 Å². The molecule has 1 atom stereocenters. The fraction of sp³-hybridized carbons (Fsp3) is 0.650. The third-order valence-electron chi connectivity index (χ3n) is 5.16. The lowest BCUT2D eigenvalue weighted by atomic mass is 9.99. The van der Waals surface area contributed by atoms with E-state index < -0.39 is 10.0 Å². The second-order valence-corrected chi connectivity index (χ2v) is 9.06. The van der Waals surface area contributed by atoms with Gasteiger partial charge in [0.25, 0.3) is 5.91 Å². The largest absolute Gasteiger partial charge is 0.379 e. The van der Waals surface area contributed by atoms with Gasteiger partial charge in [-0.05, 0) is 37.0 Å². The molecule has 0 aliphatic carbocycles. The minimum atomic E-state index is -3.61. The molecule has 152 valence electrons. The van der Waals surface area contributed by atoms with E-state index in [9.17, 15) is 13.2 Å². The molecular formula is C20H32N2O4S. The monoisotopic (exact) mass is 396 g/mol. The number of morpholine rings is 1. The Bertz CT molecular complexity index is 727. The maximum absolute atomic E-state index is 12.8. The predicted octanol–water partition coefficient (Wildman–Crippen LogP) is 2.96. The highest BCUT2D eigenvalue weighted by atomic mass is 32.2. The van der Waals surface area contributed by atoms with Crippen molar-refractivity contribution in [3.63, 3.8) is 0 Å². The molecule has 0 spiro atoms. The topological polar surface area (TPSA) is 75.7 Å². The van der Waals surface area contributed by atoms with Crippen LogP contribution in [0.3, 0.4) is 0 Å². The van der Waals surface area contributed by atoms with Crippen LogP contribution in [0.1, 0.15) is 55.5 Å². The van der Waals surface area contributed by atoms with E-state index >= 15 is 0 Å². The molecule has 1 unspecified atom stereocenters. The molecule has 0 radical (unpaired) electrons. The minimum Gasteiger partial charge on any atom is -0.379 e. The van der Waals surface area contributed by atoms with Crippen molar-refractivity contribution in [3.8, 4) is 0 Å². The quantitative estimate of drug-likeness (QED) is 0.696. The molecule has 7 heteroatoms. The van der Waals surface area contributed by atoms with Crippen molar-refractivity contribution in [1.82, 2.24) is 9.62 Å². The molecule has 1 saturated heterocycles. The Kier molecular flexibility index (Phi) is 8.26. The second-order valence-electron chi connectivity index (χ2n) is 7.12. The number of carbonyl (C=O) groups is 1. The molecule has 1 aromatic rings. The van der Waals surface area contributed by atoms with Gasteiger partial charge in [-0.3, -0.25) is 4.79 Å². The molecular weight excluding hydrogens is 364 g/mol. The summed E-state index contributed by atoms with van der Waals surface area (Å²) >= 11 is 0. The van der Waals surface area contributed by atoms with E-state index in [2.05, 4.69) is 19.2 Å². The number of unbranched alkanes of at least 4 members (excludes halogenated alkanes) is 1. The summed E-state index contributed by atoms with van der Waals surface area (Å²) in [5.74, 6) is 0.246. The lowest BCUT2D eigenvalue weighted by molar-refractivity contribution is 0.0730. The van der Waals surface area contributed by atoms with Gasteiger partial charge in [-0.1, -0.05) is 39.2 Å². The zero-order chi connectivity index (χ0) is 19.9. The Morgan fingerprint density at radius 2 is 1.96 bits per heavy atom. The first-order valence-electron chi connectivity index (χ1n) is 9.86. The number of aryl methyl sites for hydroxylation is 1. The molecule has 1 fully saturated rings. The highest BCUT2D eigenvalue weighted by Gasteiger charge is 2.27. The molecule has 1 heterocycles. The molecule has 2 rings (SSSR count). The molecule has 1 aliphatic heterocycles. The highest BCUT2D eigenvalue weighted by molar-refractivity contribution is 7.89. The summed E-state index contributed by atoms with van der Waals surface area (Å²) in [5.41, 5.74) is 1.20. The number of ether oxygens (including phenoxy) is 1. The number of sulfonamides is 1. The third-order valence-corrected chi connectivity index (χ3v) is 7.05. The fourth-order valence-corrected chi connectivity index (χ4v) is 4.65. The van der Waals surface area contributed by atoms with Gasteiger partial charge in [-0.25, -0.2) is 8.42 Å². The van der Waals surface area contributed by atoms with E-state index in [1.54, 1.807) is 12.1 Å². The molecule has 0 bridgehead atoms. The smallest absolute Gasteiger partial charge is 0.251 e. The number of amides is 1. The third kappa shape index (κ3) is 5.77. The van der Waals surface area contributed by atoms with Crippen LogP contribution in [-0.4, -0.2) is 51.5 Å². The van der Waals surface area contributed by atoms with Crippen LogP contribution in [0.25, 0.3) is 0 Å². The zero-order valence-corrected chi connectivity index (χ0v) is 17.5. The van der Waals surface area contributed by atoms with Crippen LogP contribution in [0, 0.1) is 12.8 Å². The zero-order valence-electron chi connectivity index (χ0n) is 16.7. The van der Waals surface area contributed by atoms with Crippen molar-refractivity contribution in [1.29, 1.82) is 0 Å². The van der Waals surface area contributed by atoms with Crippen molar-refractivity contribution in [2.45, 2.75) is 51.3 Å². The number of carbonyl (C=O) groups excluding carboxylic acids is 1. The van der Waals surface area contributed by atoms with Crippen molar-refractivity contribution in [2.75, 3.05) is 32.8 Å². The van der Waals surface area contributed by atoms with Gasteiger partial charge in [0, 0.05) is 25.2 Å². The van der Waals surface area contributed by atoms with Gasteiger partial charge >= 0.3 is 0 Å². The van der Waals surface area contributed by atoms with Gasteiger partial charge in [-0.2, -0.15) is 4.31 Å². The molecule has 0 aromatic heterocycles. The first-order valence-corrected chi connectivity index (χ1v) is 11.3. The number of rotatable bonds is 9. The van der Waals surface area contributed by atoms with Crippen LogP contribution in [-0.2, 0) is 14.8 Å². The lowest BCUT2D eigenvalue weighted by Crippen LogP contribution is -2.40. The van der Waals surface area contributed by atoms with Gasteiger partial charge in [0.2, 0.25) is 10.0 Å². The normalized spacial score (nSPS) is 16.9. The van der Waals surface area contributed by atoms with E-state index in [0.717, 1.165) is 31.2 Å². The highest BCUT2D eigenvalue weighted by Crippen LogP contribution is 2.21. The van der Waals surface area contributed by atoms with Crippen molar-refractivity contribution in [3.05, 3.63) is 29.3 Å². The SMILES string of the molecule is CCCCC(CC)CNC(=O)c1cc(S(=O)(=O)N2CCOCC2)ccc1C. The van der Waals surface area contributed by atoms with Crippen LogP contribution in [0.15, 0.2) is 23.1 Å². The maximum Gasteiger partial charge on any atom is 0.251 e. The summed E-state index contributed by atoms with van der Waals surface area (Å²) in [4.78, 5) is 12.8. The van der Waals surface area contributed by atoms with Crippen LogP contribution < -0.4 is 5.32 Å². The maximum atomic E-state index is 12.8. The molecule has 27 heavy (non-hydrogen) atoms. The fourth-order valence-electron chi connectivity index (χ4n) is 3.22.